The minimum atomic E-state index is -3.69. The molecule has 120 valence electrons. The molecular weight excluding hydrogens is 290 g/mol. The Morgan fingerprint density at radius 3 is 2.71 bits per heavy atom. The maximum atomic E-state index is 12.8. The Hall–Kier alpha value is -1.18. The van der Waals surface area contributed by atoms with Crippen LogP contribution in [0.25, 0.3) is 0 Å². The summed E-state index contributed by atoms with van der Waals surface area (Å²) >= 11 is 0. The Morgan fingerprint density at radius 2 is 2.14 bits per heavy atom. The number of aliphatic hydroxyl groups is 1. The van der Waals surface area contributed by atoms with E-state index in [1.54, 1.807) is 12.1 Å². The highest BCUT2D eigenvalue weighted by Gasteiger charge is 2.30. The smallest absolute Gasteiger partial charge is 0.262 e. The first-order valence-electron chi connectivity index (χ1n) is 7.26. The third kappa shape index (κ3) is 4.66. The Balaban J connectivity index is 3.15. The van der Waals surface area contributed by atoms with Crippen LogP contribution in [-0.4, -0.2) is 48.6 Å². The van der Waals surface area contributed by atoms with Crippen LogP contribution >= 0.6 is 0 Å². The van der Waals surface area contributed by atoms with Gasteiger partial charge in [0.25, 0.3) is 10.0 Å². The lowest BCUT2D eigenvalue weighted by atomic mass is 10.3. The van der Waals surface area contributed by atoms with Gasteiger partial charge in [0.2, 0.25) is 0 Å². The minimum absolute atomic E-state index is 0.0398. The zero-order valence-corrected chi connectivity index (χ0v) is 13.7. The summed E-state index contributed by atoms with van der Waals surface area (Å²) in [4.78, 5) is 4.06. The summed E-state index contributed by atoms with van der Waals surface area (Å²) in [5, 5.41) is 12.1. The van der Waals surface area contributed by atoms with Gasteiger partial charge in [-0.05, 0) is 38.8 Å². The van der Waals surface area contributed by atoms with Crippen molar-refractivity contribution in [2.75, 3.05) is 25.0 Å². The van der Waals surface area contributed by atoms with Gasteiger partial charge in [-0.1, -0.05) is 6.92 Å². The average Bonchev–Trinajstić information content (AvgIpc) is 2.45. The van der Waals surface area contributed by atoms with Crippen molar-refractivity contribution in [1.29, 1.82) is 0 Å². The summed E-state index contributed by atoms with van der Waals surface area (Å²) in [6.07, 6.45) is 2.78. The van der Waals surface area contributed by atoms with Crippen LogP contribution < -0.4 is 5.32 Å². The normalized spacial score (nSPS) is 12.1. The van der Waals surface area contributed by atoms with E-state index in [2.05, 4.69) is 10.3 Å². The van der Waals surface area contributed by atoms with Crippen LogP contribution in [0.15, 0.2) is 23.4 Å². The molecule has 1 heterocycles. The number of anilines is 1. The number of nitrogens with one attached hydrogen (secondary N) is 1. The van der Waals surface area contributed by atoms with Crippen LogP contribution in [0.4, 0.5) is 5.69 Å². The molecule has 0 radical (unpaired) electrons. The fraction of sp³-hybridized carbons (Fsp3) is 0.643. The molecule has 0 aliphatic heterocycles. The fourth-order valence-corrected chi connectivity index (χ4v) is 3.74. The number of sulfonamides is 1. The molecule has 0 aromatic carbocycles. The first-order valence-corrected chi connectivity index (χ1v) is 8.70. The Morgan fingerprint density at radius 1 is 1.43 bits per heavy atom. The summed E-state index contributed by atoms with van der Waals surface area (Å²) in [6, 6.07) is 3.24. The lowest BCUT2D eigenvalue weighted by molar-refractivity contribution is 0.258. The molecule has 2 N–H and O–H groups in total. The van der Waals surface area contributed by atoms with Gasteiger partial charge < -0.3 is 10.4 Å². The van der Waals surface area contributed by atoms with Gasteiger partial charge in [-0.3, -0.25) is 0 Å². The topological polar surface area (TPSA) is 82.5 Å². The average molecular weight is 315 g/mol. The second-order valence-corrected chi connectivity index (χ2v) is 6.88. The molecule has 0 amide bonds. The number of hydrogen-bond acceptors (Lipinski definition) is 5. The van der Waals surface area contributed by atoms with Crippen LogP contribution in [0.5, 0.6) is 0 Å². The molecule has 0 aliphatic carbocycles. The van der Waals surface area contributed by atoms with Gasteiger partial charge >= 0.3 is 0 Å². The van der Waals surface area contributed by atoms with Crippen molar-refractivity contribution in [2.45, 2.75) is 44.7 Å². The highest BCUT2D eigenvalue weighted by atomic mass is 32.2. The lowest BCUT2D eigenvalue weighted by Gasteiger charge is -2.26. The number of rotatable bonds is 9. The van der Waals surface area contributed by atoms with E-state index in [0.29, 0.717) is 18.7 Å². The first kappa shape index (κ1) is 17.9. The van der Waals surface area contributed by atoms with E-state index in [1.807, 2.05) is 20.8 Å². The van der Waals surface area contributed by atoms with Crippen molar-refractivity contribution >= 4 is 15.7 Å². The van der Waals surface area contributed by atoms with E-state index < -0.39 is 10.0 Å². The van der Waals surface area contributed by atoms with Gasteiger partial charge in [0.15, 0.2) is 5.03 Å². The lowest BCUT2D eigenvalue weighted by Crippen LogP contribution is -2.38. The SMILES string of the molecule is CCCNc1cccnc1S(=O)(=O)N(CCCO)C(C)C. The third-order valence-electron chi connectivity index (χ3n) is 3.00. The molecule has 7 heteroatoms. The standard InChI is InChI=1S/C14H25N3O3S/c1-4-8-15-13-7-5-9-16-14(13)21(19,20)17(12(2)3)10-6-11-18/h5,7,9,12,15,18H,4,6,8,10-11H2,1-3H3. The molecule has 1 aromatic heterocycles. The highest BCUT2D eigenvalue weighted by Crippen LogP contribution is 2.23. The van der Waals surface area contributed by atoms with Crippen molar-refractivity contribution in [3.63, 3.8) is 0 Å². The summed E-state index contributed by atoms with van der Waals surface area (Å²) in [7, 11) is -3.69. The highest BCUT2D eigenvalue weighted by molar-refractivity contribution is 7.89. The second-order valence-electron chi connectivity index (χ2n) is 5.07. The van der Waals surface area contributed by atoms with Crippen LogP contribution in [0.1, 0.15) is 33.6 Å². The summed E-state index contributed by atoms with van der Waals surface area (Å²) < 4.78 is 27.0. The fourth-order valence-electron chi connectivity index (χ4n) is 1.98. The largest absolute Gasteiger partial charge is 0.396 e. The zero-order chi connectivity index (χ0) is 15.9. The van der Waals surface area contributed by atoms with E-state index >= 15 is 0 Å². The van der Waals surface area contributed by atoms with Crippen LogP contribution in [0.2, 0.25) is 0 Å². The molecule has 0 bridgehead atoms. The minimum Gasteiger partial charge on any atom is -0.396 e. The molecule has 0 spiro atoms. The van der Waals surface area contributed by atoms with Crippen LogP contribution in [-0.2, 0) is 10.0 Å². The summed E-state index contributed by atoms with van der Waals surface area (Å²) in [6.45, 7) is 6.57. The van der Waals surface area contributed by atoms with Crippen molar-refractivity contribution < 1.29 is 13.5 Å². The predicted molar refractivity (Wildman–Crippen MR) is 83.7 cm³/mol. The quantitative estimate of drug-likeness (QED) is 0.724. The third-order valence-corrected chi connectivity index (χ3v) is 5.04. The van der Waals surface area contributed by atoms with Gasteiger partial charge in [0, 0.05) is 31.9 Å². The monoisotopic (exact) mass is 315 g/mol. The van der Waals surface area contributed by atoms with E-state index in [-0.39, 0.29) is 24.2 Å². The molecule has 0 unspecified atom stereocenters. The van der Waals surface area contributed by atoms with Crippen molar-refractivity contribution in [1.82, 2.24) is 9.29 Å². The molecule has 1 rings (SSSR count). The number of hydrogen-bond donors (Lipinski definition) is 2. The molecule has 0 fully saturated rings. The Labute approximate surface area is 127 Å². The van der Waals surface area contributed by atoms with Crippen LogP contribution in [0, 0.1) is 0 Å². The number of pyridine rings is 1. The number of nitrogens with zero attached hydrogens (tertiary/aromatic N) is 2. The van der Waals surface area contributed by atoms with Gasteiger partial charge in [-0.15, -0.1) is 0 Å². The number of aliphatic hydroxyl groups excluding tert-OH is 1. The Bertz CT molecular complexity index is 532. The van der Waals surface area contributed by atoms with E-state index in [4.69, 9.17) is 5.11 Å². The predicted octanol–water partition coefficient (Wildman–Crippen LogP) is 1.68. The zero-order valence-electron chi connectivity index (χ0n) is 12.9. The van der Waals surface area contributed by atoms with Gasteiger partial charge in [0.05, 0.1) is 5.69 Å². The number of aromatic nitrogens is 1. The molecule has 0 aliphatic rings. The molecule has 21 heavy (non-hydrogen) atoms. The van der Waals surface area contributed by atoms with E-state index in [0.717, 1.165) is 6.42 Å². The van der Waals surface area contributed by atoms with Crippen molar-refractivity contribution in [3.05, 3.63) is 18.3 Å². The molecule has 1 aromatic rings. The van der Waals surface area contributed by atoms with Crippen molar-refractivity contribution in [3.8, 4) is 0 Å². The first-order chi connectivity index (χ1) is 9.95. The van der Waals surface area contributed by atoms with Crippen molar-refractivity contribution in [2.24, 2.45) is 0 Å². The molecule has 0 saturated carbocycles. The van der Waals surface area contributed by atoms with E-state index in [9.17, 15) is 8.42 Å². The van der Waals surface area contributed by atoms with Gasteiger partial charge in [-0.2, -0.15) is 4.31 Å². The van der Waals surface area contributed by atoms with Gasteiger partial charge in [-0.25, -0.2) is 13.4 Å². The molecular formula is C14H25N3O3S. The molecule has 0 saturated heterocycles. The van der Waals surface area contributed by atoms with E-state index in [1.165, 1.54) is 10.5 Å². The summed E-state index contributed by atoms with van der Waals surface area (Å²) in [5.74, 6) is 0. The van der Waals surface area contributed by atoms with Gasteiger partial charge in [0.1, 0.15) is 0 Å². The Kier molecular flexibility index (Phi) is 7.07. The van der Waals surface area contributed by atoms with Crippen LogP contribution in [0.3, 0.4) is 0 Å². The maximum absolute atomic E-state index is 12.8. The maximum Gasteiger partial charge on any atom is 0.262 e. The second kappa shape index (κ2) is 8.31. The molecule has 0 atom stereocenters. The summed E-state index contributed by atoms with van der Waals surface area (Å²) in [5.41, 5.74) is 0.522. The molecule has 6 nitrogen and oxygen atoms in total.